The third-order valence-corrected chi connectivity index (χ3v) is 3.96. The van der Waals surface area contributed by atoms with Gasteiger partial charge in [-0.2, -0.15) is 0 Å². The summed E-state index contributed by atoms with van der Waals surface area (Å²) in [5.41, 5.74) is 0.290. The van der Waals surface area contributed by atoms with Gasteiger partial charge in [0.25, 0.3) is 0 Å². The maximum absolute atomic E-state index is 3.58. The van der Waals surface area contributed by atoms with Crippen molar-refractivity contribution in [2.45, 2.75) is 38.5 Å². The summed E-state index contributed by atoms with van der Waals surface area (Å²) in [6.07, 6.45) is 0.478. The maximum Gasteiger partial charge on any atom is 0.0950 e. The Balaban J connectivity index is 3.41. The molecule has 0 aromatic heterocycles. The monoisotopic (exact) mass is 189 g/mol. The first-order valence-electron chi connectivity index (χ1n) is 4.59. The summed E-state index contributed by atoms with van der Waals surface area (Å²) in [5.74, 6) is 0. The minimum absolute atomic E-state index is 0.137. The highest BCUT2D eigenvalue weighted by atomic mass is 28.2. The predicted octanol–water partition coefficient (Wildman–Crippen LogP) is -0.358. The van der Waals surface area contributed by atoms with Crippen LogP contribution in [0.25, 0.3) is 0 Å². The lowest BCUT2D eigenvalue weighted by Gasteiger charge is -2.22. The largest absolute Gasteiger partial charge is 0.338 e. The molecule has 0 saturated carbocycles. The van der Waals surface area contributed by atoms with Crippen LogP contribution in [0.4, 0.5) is 0 Å². The normalized spacial score (nSPS) is 13.5. The fourth-order valence-electron chi connectivity index (χ4n) is 1.02. The Hall–Kier alpha value is 0.0969. The summed E-state index contributed by atoms with van der Waals surface area (Å²) >= 11 is 0. The molecule has 0 aromatic carbocycles. The highest BCUT2D eigenvalue weighted by molar-refractivity contribution is 6.32. The minimum atomic E-state index is -0.137. The number of hydrogen-bond acceptors (Lipinski definition) is 3. The molecular weight excluding hydrogens is 166 g/mol. The molecule has 0 aliphatic carbocycles. The van der Waals surface area contributed by atoms with E-state index in [0.717, 1.165) is 0 Å². The number of nitrogens with one attached hydrogen (secondary N) is 3. The van der Waals surface area contributed by atoms with Gasteiger partial charge in [-0.3, -0.25) is 0 Å². The Bertz CT molecular complexity index is 107. The van der Waals surface area contributed by atoms with Gasteiger partial charge >= 0.3 is 0 Å². The SMILES string of the molecule is CNC(C[SiH2]NC(C)(C)C)NC. The predicted molar refractivity (Wildman–Crippen MR) is 58.1 cm³/mol. The Morgan fingerprint density at radius 3 is 2.00 bits per heavy atom. The Labute approximate surface area is 78.6 Å². The molecule has 0 amide bonds. The molecule has 0 fully saturated rings. The molecule has 0 radical (unpaired) electrons. The Morgan fingerprint density at radius 1 is 1.17 bits per heavy atom. The van der Waals surface area contributed by atoms with Crippen molar-refractivity contribution in [2.24, 2.45) is 0 Å². The highest BCUT2D eigenvalue weighted by Crippen LogP contribution is 1.97. The van der Waals surface area contributed by atoms with E-state index >= 15 is 0 Å². The van der Waals surface area contributed by atoms with Gasteiger partial charge in [0.1, 0.15) is 0 Å². The first-order valence-corrected chi connectivity index (χ1v) is 6.30. The molecule has 0 atom stereocenters. The molecule has 0 rings (SSSR count). The molecule has 3 nitrogen and oxygen atoms in total. The van der Waals surface area contributed by atoms with Crippen LogP contribution in [0, 0.1) is 0 Å². The lowest BCUT2D eigenvalue weighted by molar-refractivity contribution is 0.504. The second-order valence-corrected chi connectivity index (χ2v) is 5.53. The van der Waals surface area contributed by atoms with E-state index < -0.39 is 0 Å². The van der Waals surface area contributed by atoms with Crippen LogP contribution in [-0.4, -0.2) is 35.5 Å². The van der Waals surface area contributed by atoms with Crippen molar-refractivity contribution in [3.8, 4) is 0 Å². The van der Waals surface area contributed by atoms with Crippen LogP contribution in [0.5, 0.6) is 0 Å². The topological polar surface area (TPSA) is 36.1 Å². The van der Waals surface area contributed by atoms with Gasteiger partial charge in [0.05, 0.1) is 15.8 Å². The van der Waals surface area contributed by atoms with Crippen LogP contribution in [0.15, 0.2) is 0 Å². The quantitative estimate of drug-likeness (QED) is 0.408. The van der Waals surface area contributed by atoms with Crippen molar-refractivity contribution >= 4 is 9.68 Å². The van der Waals surface area contributed by atoms with Gasteiger partial charge in [0.15, 0.2) is 0 Å². The van der Waals surface area contributed by atoms with Crippen molar-refractivity contribution in [3.05, 3.63) is 0 Å². The second-order valence-electron chi connectivity index (χ2n) is 4.10. The maximum atomic E-state index is 3.58. The molecule has 0 unspecified atom stereocenters. The third kappa shape index (κ3) is 6.79. The first kappa shape index (κ1) is 12.1. The fourth-order valence-corrected chi connectivity index (χ4v) is 2.78. The molecule has 0 aliphatic rings. The van der Waals surface area contributed by atoms with Crippen molar-refractivity contribution in [1.29, 1.82) is 0 Å². The van der Waals surface area contributed by atoms with Crippen molar-refractivity contribution in [1.82, 2.24) is 15.6 Å². The van der Waals surface area contributed by atoms with E-state index in [1.54, 1.807) is 0 Å². The average molecular weight is 189 g/mol. The smallest absolute Gasteiger partial charge is 0.0950 e. The lowest BCUT2D eigenvalue weighted by atomic mass is 10.1. The summed E-state index contributed by atoms with van der Waals surface area (Å²) in [5, 5.41) is 6.44. The molecule has 74 valence electrons. The summed E-state index contributed by atoms with van der Waals surface area (Å²) in [4.78, 5) is 3.58. The first-order chi connectivity index (χ1) is 5.49. The lowest BCUT2D eigenvalue weighted by Crippen LogP contribution is -2.44. The van der Waals surface area contributed by atoms with Gasteiger partial charge in [-0.1, -0.05) is 0 Å². The van der Waals surface area contributed by atoms with Gasteiger partial charge in [-0.25, -0.2) is 0 Å². The molecule has 0 saturated heterocycles. The van der Waals surface area contributed by atoms with Gasteiger partial charge in [0.2, 0.25) is 0 Å². The van der Waals surface area contributed by atoms with E-state index in [1.807, 2.05) is 14.1 Å². The van der Waals surface area contributed by atoms with Crippen LogP contribution >= 0.6 is 0 Å². The van der Waals surface area contributed by atoms with Crippen molar-refractivity contribution in [2.75, 3.05) is 14.1 Å². The zero-order valence-electron chi connectivity index (χ0n) is 8.99. The third-order valence-electron chi connectivity index (χ3n) is 1.79. The van der Waals surface area contributed by atoms with E-state index in [1.165, 1.54) is 6.04 Å². The highest BCUT2D eigenvalue weighted by Gasteiger charge is 2.09. The second kappa shape index (κ2) is 5.69. The van der Waals surface area contributed by atoms with Crippen LogP contribution < -0.4 is 15.6 Å². The van der Waals surface area contributed by atoms with E-state index in [0.29, 0.717) is 6.17 Å². The molecule has 0 heterocycles. The molecule has 0 spiro atoms. The summed E-state index contributed by atoms with van der Waals surface area (Å²) in [6, 6.07) is 1.24. The van der Waals surface area contributed by atoms with E-state index in [9.17, 15) is 0 Å². The zero-order valence-corrected chi connectivity index (χ0v) is 10.4. The molecule has 0 aromatic rings. The van der Waals surface area contributed by atoms with Crippen LogP contribution in [-0.2, 0) is 0 Å². The molecule has 4 heteroatoms. The van der Waals surface area contributed by atoms with Gasteiger partial charge in [-0.15, -0.1) is 0 Å². The molecule has 0 aliphatic heterocycles. The van der Waals surface area contributed by atoms with Crippen molar-refractivity contribution < 1.29 is 0 Å². The molecule has 0 bridgehead atoms. The van der Waals surface area contributed by atoms with Crippen molar-refractivity contribution in [3.63, 3.8) is 0 Å². The summed E-state index contributed by atoms with van der Waals surface area (Å²) in [6.45, 7) is 6.65. The zero-order chi connectivity index (χ0) is 9.61. The summed E-state index contributed by atoms with van der Waals surface area (Å²) in [7, 11) is 3.85. The molecular formula is C8H23N3Si. The molecule has 3 N–H and O–H groups in total. The number of rotatable bonds is 5. The van der Waals surface area contributed by atoms with Crippen LogP contribution in [0.2, 0.25) is 6.04 Å². The van der Waals surface area contributed by atoms with Gasteiger partial charge in [-0.05, 0) is 40.9 Å². The Kier molecular flexibility index (Phi) is 5.74. The van der Waals surface area contributed by atoms with Gasteiger partial charge < -0.3 is 15.6 Å². The average Bonchev–Trinajstić information content (AvgIpc) is 1.96. The summed E-state index contributed by atoms with van der Waals surface area (Å²) < 4.78 is 0. The van der Waals surface area contributed by atoms with Gasteiger partial charge in [0, 0.05) is 5.54 Å². The van der Waals surface area contributed by atoms with E-state index in [-0.39, 0.29) is 15.2 Å². The fraction of sp³-hybridized carbons (Fsp3) is 1.00. The molecule has 12 heavy (non-hydrogen) atoms. The van der Waals surface area contributed by atoms with Crippen LogP contribution in [0.3, 0.4) is 0 Å². The standard InChI is InChI=1S/C8H23N3Si/c1-8(2,3)11-12-6-7(9-4)10-5/h7,9-11H,6,12H2,1-5H3. The number of hydrogen-bond donors (Lipinski definition) is 3. The van der Waals surface area contributed by atoms with E-state index in [2.05, 4.69) is 36.4 Å². The Morgan fingerprint density at radius 2 is 1.67 bits per heavy atom. The van der Waals surface area contributed by atoms with Crippen LogP contribution in [0.1, 0.15) is 20.8 Å². The minimum Gasteiger partial charge on any atom is -0.338 e. The van der Waals surface area contributed by atoms with E-state index in [4.69, 9.17) is 0 Å².